The SMILES string of the molecule is CCNC(=NCCCC1CCCC1)NCCc1nnc2n1CCCCC2.I. The lowest BCUT2D eigenvalue weighted by molar-refractivity contribution is 0.487. The Labute approximate surface area is 181 Å². The normalized spacial score (nSPS) is 17.9. The molecule has 0 bridgehead atoms. The zero-order valence-electron chi connectivity index (χ0n) is 16.9. The fourth-order valence-corrected chi connectivity index (χ4v) is 4.23. The number of guanidine groups is 1. The highest BCUT2D eigenvalue weighted by Gasteiger charge is 2.15. The second-order valence-electron chi connectivity index (χ2n) is 7.72. The number of fused-ring (bicyclic) bond motifs is 1. The van der Waals surface area contributed by atoms with Crippen LogP contribution in [0.2, 0.25) is 0 Å². The first-order valence-corrected chi connectivity index (χ1v) is 10.8. The fraction of sp³-hybridized carbons (Fsp3) is 0.850. The molecule has 154 valence electrons. The fourth-order valence-electron chi connectivity index (χ4n) is 4.23. The van der Waals surface area contributed by atoms with Gasteiger partial charge in [0.25, 0.3) is 0 Å². The number of aryl methyl sites for hydroxylation is 1. The molecule has 0 amide bonds. The van der Waals surface area contributed by atoms with Gasteiger partial charge in [-0.2, -0.15) is 0 Å². The van der Waals surface area contributed by atoms with Crippen molar-refractivity contribution in [2.75, 3.05) is 19.6 Å². The van der Waals surface area contributed by atoms with Crippen LogP contribution in [0.3, 0.4) is 0 Å². The minimum Gasteiger partial charge on any atom is -0.357 e. The van der Waals surface area contributed by atoms with Crippen LogP contribution in [0.5, 0.6) is 0 Å². The number of halogens is 1. The third-order valence-corrected chi connectivity index (χ3v) is 5.69. The molecule has 0 spiro atoms. The second kappa shape index (κ2) is 12.6. The summed E-state index contributed by atoms with van der Waals surface area (Å²) in [5.74, 6) is 4.19. The zero-order valence-corrected chi connectivity index (χ0v) is 19.2. The van der Waals surface area contributed by atoms with Crippen molar-refractivity contribution < 1.29 is 0 Å². The Morgan fingerprint density at radius 3 is 2.78 bits per heavy atom. The molecule has 1 aliphatic carbocycles. The number of hydrogen-bond acceptors (Lipinski definition) is 3. The molecule has 2 heterocycles. The molecule has 1 aromatic rings. The van der Waals surface area contributed by atoms with Crippen molar-refractivity contribution in [2.24, 2.45) is 10.9 Å². The van der Waals surface area contributed by atoms with E-state index >= 15 is 0 Å². The molecule has 1 fully saturated rings. The monoisotopic (exact) mass is 488 g/mol. The molecule has 6 nitrogen and oxygen atoms in total. The highest BCUT2D eigenvalue weighted by molar-refractivity contribution is 14.0. The number of aromatic nitrogens is 3. The van der Waals surface area contributed by atoms with E-state index in [1.165, 1.54) is 63.6 Å². The molecular formula is C20H37IN6. The van der Waals surface area contributed by atoms with E-state index in [9.17, 15) is 0 Å². The van der Waals surface area contributed by atoms with Crippen molar-refractivity contribution in [3.8, 4) is 0 Å². The van der Waals surface area contributed by atoms with Crippen LogP contribution in [0.1, 0.15) is 76.4 Å². The predicted molar refractivity (Wildman–Crippen MR) is 122 cm³/mol. The molecule has 0 saturated heterocycles. The maximum absolute atomic E-state index is 4.75. The van der Waals surface area contributed by atoms with Gasteiger partial charge in [-0.15, -0.1) is 34.2 Å². The molecule has 0 unspecified atom stereocenters. The van der Waals surface area contributed by atoms with Crippen LogP contribution in [-0.4, -0.2) is 40.4 Å². The molecule has 2 aliphatic rings. The minimum atomic E-state index is 0. The third kappa shape index (κ3) is 7.23. The largest absolute Gasteiger partial charge is 0.357 e. The van der Waals surface area contributed by atoms with Crippen LogP contribution in [0, 0.1) is 5.92 Å². The minimum absolute atomic E-state index is 0. The first-order valence-electron chi connectivity index (χ1n) is 10.8. The summed E-state index contributed by atoms with van der Waals surface area (Å²) in [6, 6.07) is 0. The lowest BCUT2D eigenvalue weighted by atomic mass is 10.0. The summed E-state index contributed by atoms with van der Waals surface area (Å²) < 4.78 is 2.33. The molecule has 0 atom stereocenters. The molecule has 7 heteroatoms. The topological polar surface area (TPSA) is 67.1 Å². The predicted octanol–water partition coefficient (Wildman–Crippen LogP) is 3.69. The van der Waals surface area contributed by atoms with E-state index in [1.54, 1.807) is 0 Å². The number of aliphatic imine (C=N–C) groups is 1. The summed E-state index contributed by atoms with van der Waals surface area (Å²) in [4.78, 5) is 4.75. The van der Waals surface area contributed by atoms with E-state index < -0.39 is 0 Å². The number of hydrogen-bond donors (Lipinski definition) is 2. The number of nitrogens with zero attached hydrogens (tertiary/aromatic N) is 4. The van der Waals surface area contributed by atoms with Gasteiger partial charge in [-0.3, -0.25) is 4.99 Å². The molecular weight excluding hydrogens is 451 g/mol. The van der Waals surface area contributed by atoms with Crippen molar-refractivity contribution in [3.05, 3.63) is 11.6 Å². The van der Waals surface area contributed by atoms with Gasteiger partial charge in [-0.25, -0.2) is 0 Å². The number of rotatable bonds is 8. The highest BCUT2D eigenvalue weighted by Crippen LogP contribution is 2.28. The molecule has 3 rings (SSSR count). The maximum atomic E-state index is 4.75. The summed E-state index contributed by atoms with van der Waals surface area (Å²) in [5.41, 5.74) is 0. The second-order valence-corrected chi connectivity index (χ2v) is 7.72. The third-order valence-electron chi connectivity index (χ3n) is 5.69. The summed E-state index contributed by atoms with van der Waals surface area (Å²) >= 11 is 0. The Bertz CT molecular complexity index is 565. The smallest absolute Gasteiger partial charge is 0.191 e. The van der Waals surface area contributed by atoms with Crippen LogP contribution in [0.15, 0.2) is 4.99 Å². The van der Waals surface area contributed by atoms with Gasteiger partial charge in [0, 0.05) is 39.0 Å². The van der Waals surface area contributed by atoms with Crippen molar-refractivity contribution in [3.63, 3.8) is 0 Å². The Morgan fingerprint density at radius 2 is 1.96 bits per heavy atom. The Balaban J connectivity index is 0.00000261. The van der Waals surface area contributed by atoms with Crippen LogP contribution in [0.4, 0.5) is 0 Å². The lowest BCUT2D eigenvalue weighted by Gasteiger charge is -2.12. The van der Waals surface area contributed by atoms with Crippen LogP contribution in [0.25, 0.3) is 0 Å². The first kappa shape index (κ1) is 22.4. The molecule has 1 saturated carbocycles. The van der Waals surface area contributed by atoms with Gasteiger partial charge in [0.1, 0.15) is 11.6 Å². The van der Waals surface area contributed by atoms with Gasteiger partial charge in [-0.1, -0.05) is 32.1 Å². The Hall–Kier alpha value is -0.860. The average molecular weight is 488 g/mol. The molecule has 27 heavy (non-hydrogen) atoms. The standard InChI is InChI=1S/C20H36N6.HI/c1-2-21-20(22-14-8-11-17-9-5-6-10-17)23-15-13-19-25-24-18-12-4-3-7-16-26(18)19;/h17H,2-16H2,1H3,(H2,21,22,23);1H. The van der Waals surface area contributed by atoms with E-state index in [0.717, 1.165) is 56.7 Å². The van der Waals surface area contributed by atoms with E-state index in [0.29, 0.717) is 0 Å². The van der Waals surface area contributed by atoms with Crippen molar-refractivity contribution >= 4 is 29.9 Å². The average Bonchev–Trinajstić information content (AvgIpc) is 3.23. The lowest BCUT2D eigenvalue weighted by Crippen LogP contribution is -2.38. The summed E-state index contributed by atoms with van der Waals surface area (Å²) in [6.45, 7) is 5.87. The van der Waals surface area contributed by atoms with Gasteiger partial charge < -0.3 is 15.2 Å². The molecule has 1 aromatic heterocycles. The quantitative estimate of drug-likeness (QED) is 0.254. The molecule has 0 aromatic carbocycles. The zero-order chi connectivity index (χ0) is 18.0. The van der Waals surface area contributed by atoms with E-state index in [1.807, 2.05) is 0 Å². The highest BCUT2D eigenvalue weighted by atomic mass is 127. The summed E-state index contributed by atoms with van der Waals surface area (Å²) in [5, 5.41) is 15.6. The number of nitrogens with one attached hydrogen (secondary N) is 2. The Kier molecular flexibility index (Phi) is 10.4. The molecule has 0 radical (unpaired) electrons. The van der Waals surface area contributed by atoms with Crippen molar-refractivity contribution in [1.29, 1.82) is 0 Å². The van der Waals surface area contributed by atoms with Gasteiger partial charge in [0.2, 0.25) is 0 Å². The van der Waals surface area contributed by atoms with Crippen molar-refractivity contribution in [1.82, 2.24) is 25.4 Å². The van der Waals surface area contributed by atoms with Crippen LogP contribution < -0.4 is 10.6 Å². The van der Waals surface area contributed by atoms with Crippen molar-refractivity contribution in [2.45, 2.75) is 84.1 Å². The molecule has 2 N–H and O–H groups in total. The Morgan fingerprint density at radius 1 is 1.11 bits per heavy atom. The van der Waals surface area contributed by atoms with E-state index in [-0.39, 0.29) is 24.0 Å². The van der Waals surface area contributed by atoms with E-state index in [2.05, 4.69) is 32.3 Å². The summed E-state index contributed by atoms with van der Waals surface area (Å²) in [6.07, 6.45) is 14.1. The van der Waals surface area contributed by atoms with Gasteiger partial charge >= 0.3 is 0 Å². The molecule has 1 aliphatic heterocycles. The van der Waals surface area contributed by atoms with Gasteiger partial charge in [0.15, 0.2) is 5.96 Å². The summed E-state index contributed by atoms with van der Waals surface area (Å²) in [7, 11) is 0. The van der Waals surface area contributed by atoms with E-state index in [4.69, 9.17) is 4.99 Å². The van der Waals surface area contributed by atoms with Crippen LogP contribution >= 0.6 is 24.0 Å². The van der Waals surface area contributed by atoms with Gasteiger partial charge in [-0.05, 0) is 38.5 Å². The van der Waals surface area contributed by atoms with Gasteiger partial charge in [0.05, 0.1) is 0 Å². The first-order chi connectivity index (χ1) is 12.9. The van der Waals surface area contributed by atoms with Crippen LogP contribution in [-0.2, 0) is 19.4 Å². The maximum Gasteiger partial charge on any atom is 0.191 e.